The van der Waals surface area contributed by atoms with Gasteiger partial charge in [-0.15, -0.1) is 0 Å². The Bertz CT molecular complexity index is 874. The minimum Gasteiger partial charge on any atom is -0.450 e. The van der Waals surface area contributed by atoms with Crippen LogP contribution in [0.2, 0.25) is 0 Å². The molecule has 0 radical (unpaired) electrons. The number of hydrogen-bond acceptors (Lipinski definition) is 5. The Morgan fingerprint density at radius 3 is 2.37 bits per heavy atom. The summed E-state index contributed by atoms with van der Waals surface area (Å²) in [6.07, 6.45) is 9.44. The number of nitrogens with zero attached hydrogens (tertiary/aromatic N) is 2. The van der Waals surface area contributed by atoms with Gasteiger partial charge in [-0.05, 0) is 111 Å². The van der Waals surface area contributed by atoms with Crippen molar-refractivity contribution in [2.45, 2.75) is 104 Å². The Morgan fingerprint density at radius 2 is 1.66 bits per heavy atom. The standard InChI is InChI=1S/C31H52N2O5/c1-5-38-29(37)33-16-14-32(15-17-33)28(36)11-6-20(2)24-9-10-25-23-8-7-21-18-22(34)12-13-30(21,3)26(23)19-27(35)31(24,25)4/h20-27,34-35H,5-19H2,1-4H3. The molecule has 5 aliphatic rings. The monoisotopic (exact) mass is 532 g/mol. The Balaban J connectivity index is 1.18. The normalized spacial score (nSPS) is 43.6. The predicted octanol–water partition coefficient (Wildman–Crippen LogP) is 4.69. The summed E-state index contributed by atoms with van der Waals surface area (Å²) in [6.45, 7) is 11.6. The summed E-state index contributed by atoms with van der Waals surface area (Å²) < 4.78 is 5.10. The van der Waals surface area contributed by atoms with Crippen molar-refractivity contribution in [3.05, 3.63) is 0 Å². The maximum absolute atomic E-state index is 13.1. The van der Waals surface area contributed by atoms with E-state index in [9.17, 15) is 19.8 Å². The van der Waals surface area contributed by atoms with E-state index in [1.807, 2.05) is 11.8 Å². The molecule has 4 saturated carbocycles. The molecule has 1 aliphatic heterocycles. The van der Waals surface area contributed by atoms with E-state index in [-0.39, 0.29) is 35.0 Å². The van der Waals surface area contributed by atoms with E-state index < -0.39 is 0 Å². The minimum absolute atomic E-state index is 0.0632. The second-order valence-corrected chi connectivity index (χ2v) is 14.0. The summed E-state index contributed by atoms with van der Waals surface area (Å²) in [6, 6.07) is 0. The van der Waals surface area contributed by atoms with Crippen molar-refractivity contribution in [2.75, 3.05) is 32.8 Å². The lowest BCUT2D eigenvalue weighted by atomic mass is 9.43. The molecule has 7 heteroatoms. The average molecular weight is 533 g/mol. The molecular formula is C31H52N2O5. The number of amides is 2. The molecule has 216 valence electrons. The maximum atomic E-state index is 13.1. The SMILES string of the molecule is CCOC(=O)N1CCN(C(=O)CCC(C)C2CCC3C4CCC5CC(O)CCC5(C)C4CC(O)C23C)CC1. The van der Waals surface area contributed by atoms with Gasteiger partial charge in [0.1, 0.15) is 0 Å². The molecule has 2 amide bonds. The van der Waals surface area contributed by atoms with Crippen LogP contribution in [0.3, 0.4) is 0 Å². The summed E-state index contributed by atoms with van der Waals surface area (Å²) in [5.74, 6) is 3.48. The Hall–Kier alpha value is -1.34. The van der Waals surface area contributed by atoms with Crippen molar-refractivity contribution in [1.29, 1.82) is 0 Å². The number of piperazine rings is 1. The summed E-state index contributed by atoms with van der Waals surface area (Å²) in [5, 5.41) is 22.1. The van der Waals surface area contributed by atoms with Crippen molar-refractivity contribution in [2.24, 2.45) is 46.3 Å². The van der Waals surface area contributed by atoms with Crippen molar-refractivity contribution < 1.29 is 24.5 Å². The lowest BCUT2D eigenvalue weighted by molar-refractivity contribution is -0.175. The molecular weight excluding hydrogens is 480 g/mol. The topological polar surface area (TPSA) is 90.3 Å². The quantitative estimate of drug-likeness (QED) is 0.536. The van der Waals surface area contributed by atoms with Gasteiger partial charge in [0.05, 0.1) is 18.8 Å². The highest BCUT2D eigenvalue weighted by atomic mass is 16.6. The van der Waals surface area contributed by atoms with Gasteiger partial charge in [0.25, 0.3) is 0 Å². The summed E-state index contributed by atoms with van der Waals surface area (Å²) in [4.78, 5) is 28.6. The average Bonchev–Trinajstić information content (AvgIpc) is 3.27. The maximum Gasteiger partial charge on any atom is 0.409 e. The number of fused-ring (bicyclic) bond motifs is 5. The molecule has 10 unspecified atom stereocenters. The molecule has 0 aromatic rings. The third-order valence-electron chi connectivity index (χ3n) is 12.5. The van der Waals surface area contributed by atoms with E-state index in [4.69, 9.17) is 4.74 Å². The van der Waals surface area contributed by atoms with E-state index in [2.05, 4.69) is 20.8 Å². The van der Waals surface area contributed by atoms with E-state index in [0.29, 0.717) is 74.7 Å². The fourth-order valence-corrected chi connectivity index (χ4v) is 10.2. The molecule has 0 aromatic heterocycles. The first-order valence-corrected chi connectivity index (χ1v) is 15.6. The van der Waals surface area contributed by atoms with Gasteiger partial charge in [-0.1, -0.05) is 20.8 Å². The van der Waals surface area contributed by atoms with Crippen LogP contribution in [0.1, 0.15) is 91.9 Å². The summed E-state index contributed by atoms with van der Waals surface area (Å²) in [7, 11) is 0. The molecule has 10 atom stereocenters. The van der Waals surface area contributed by atoms with Gasteiger partial charge < -0.3 is 24.7 Å². The van der Waals surface area contributed by atoms with Gasteiger partial charge in [0.15, 0.2) is 0 Å². The molecule has 7 nitrogen and oxygen atoms in total. The molecule has 0 spiro atoms. The first-order chi connectivity index (χ1) is 18.1. The third-order valence-corrected chi connectivity index (χ3v) is 12.5. The molecule has 0 aromatic carbocycles. The zero-order chi connectivity index (χ0) is 27.2. The molecule has 0 bridgehead atoms. The van der Waals surface area contributed by atoms with Gasteiger partial charge in [-0.2, -0.15) is 0 Å². The van der Waals surface area contributed by atoms with Crippen molar-refractivity contribution in [3.63, 3.8) is 0 Å². The first-order valence-electron chi connectivity index (χ1n) is 15.6. The van der Waals surface area contributed by atoms with Gasteiger partial charge in [0.2, 0.25) is 5.91 Å². The minimum atomic E-state index is -0.283. The van der Waals surface area contributed by atoms with E-state index in [0.717, 1.165) is 38.5 Å². The number of aliphatic hydroxyl groups excluding tert-OH is 2. The molecule has 1 saturated heterocycles. The van der Waals surface area contributed by atoms with Crippen LogP contribution in [0.25, 0.3) is 0 Å². The Kier molecular flexibility index (Phi) is 8.10. The lowest BCUT2D eigenvalue weighted by Crippen LogP contribution is -2.58. The molecule has 5 fully saturated rings. The van der Waals surface area contributed by atoms with Crippen LogP contribution in [0.5, 0.6) is 0 Å². The fourth-order valence-electron chi connectivity index (χ4n) is 10.2. The molecule has 1 heterocycles. The Labute approximate surface area is 229 Å². The summed E-state index contributed by atoms with van der Waals surface area (Å²) in [5.41, 5.74) is 0.199. The van der Waals surface area contributed by atoms with Crippen molar-refractivity contribution >= 4 is 12.0 Å². The highest BCUT2D eigenvalue weighted by Gasteiger charge is 2.63. The van der Waals surface area contributed by atoms with Crippen LogP contribution in [-0.4, -0.2) is 77.0 Å². The number of carbonyl (C=O) groups is 2. The number of aliphatic hydroxyl groups is 2. The highest BCUT2D eigenvalue weighted by Crippen LogP contribution is 2.68. The predicted molar refractivity (Wildman–Crippen MR) is 146 cm³/mol. The smallest absolute Gasteiger partial charge is 0.409 e. The largest absolute Gasteiger partial charge is 0.450 e. The van der Waals surface area contributed by atoms with Gasteiger partial charge in [0, 0.05) is 32.6 Å². The van der Waals surface area contributed by atoms with Crippen LogP contribution >= 0.6 is 0 Å². The van der Waals surface area contributed by atoms with E-state index in [1.54, 1.807) is 4.90 Å². The molecule has 38 heavy (non-hydrogen) atoms. The van der Waals surface area contributed by atoms with Crippen molar-refractivity contribution in [1.82, 2.24) is 9.80 Å². The molecule has 4 aliphatic carbocycles. The number of ether oxygens (including phenoxy) is 1. The van der Waals surface area contributed by atoms with Crippen LogP contribution in [0.15, 0.2) is 0 Å². The van der Waals surface area contributed by atoms with Crippen molar-refractivity contribution in [3.8, 4) is 0 Å². The highest BCUT2D eigenvalue weighted by molar-refractivity contribution is 5.76. The van der Waals surface area contributed by atoms with Gasteiger partial charge in [-0.3, -0.25) is 4.79 Å². The van der Waals surface area contributed by atoms with Crippen LogP contribution in [-0.2, 0) is 9.53 Å². The second-order valence-electron chi connectivity index (χ2n) is 14.0. The van der Waals surface area contributed by atoms with Crippen LogP contribution in [0.4, 0.5) is 4.79 Å². The zero-order valence-corrected chi connectivity index (χ0v) is 24.2. The number of rotatable bonds is 5. The van der Waals surface area contributed by atoms with E-state index in [1.165, 1.54) is 19.3 Å². The first kappa shape index (κ1) is 28.2. The van der Waals surface area contributed by atoms with Crippen LogP contribution < -0.4 is 0 Å². The molecule has 2 N–H and O–H groups in total. The van der Waals surface area contributed by atoms with Gasteiger partial charge in [-0.25, -0.2) is 4.79 Å². The van der Waals surface area contributed by atoms with E-state index >= 15 is 0 Å². The Morgan fingerprint density at radius 1 is 0.947 bits per heavy atom. The number of hydrogen-bond donors (Lipinski definition) is 2. The van der Waals surface area contributed by atoms with Crippen LogP contribution in [0, 0.1) is 46.3 Å². The van der Waals surface area contributed by atoms with Gasteiger partial charge >= 0.3 is 6.09 Å². The third kappa shape index (κ3) is 4.78. The zero-order valence-electron chi connectivity index (χ0n) is 24.2. The fraction of sp³-hybridized carbons (Fsp3) is 0.935. The lowest BCUT2D eigenvalue weighted by Gasteiger charge is -2.62. The number of carbonyl (C=O) groups excluding carboxylic acids is 2. The molecule has 5 rings (SSSR count). The summed E-state index contributed by atoms with van der Waals surface area (Å²) >= 11 is 0. The second kappa shape index (κ2) is 10.9.